The molecular formula is C15H28N2O4. The second-order valence-electron chi connectivity index (χ2n) is 6.10. The van der Waals surface area contributed by atoms with Crippen molar-refractivity contribution in [2.75, 3.05) is 20.1 Å². The lowest BCUT2D eigenvalue weighted by molar-refractivity contribution is -0.137. The average Bonchev–Trinajstić information content (AvgIpc) is 2.40. The van der Waals surface area contributed by atoms with E-state index in [-0.39, 0.29) is 18.6 Å². The first-order chi connectivity index (χ1) is 9.92. The zero-order valence-corrected chi connectivity index (χ0v) is 13.0. The van der Waals surface area contributed by atoms with Gasteiger partial charge in [-0.15, -0.1) is 0 Å². The molecule has 0 aliphatic heterocycles. The van der Waals surface area contributed by atoms with Crippen LogP contribution >= 0.6 is 0 Å². The van der Waals surface area contributed by atoms with Crippen LogP contribution in [0, 0.1) is 11.8 Å². The van der Waals surface area contributed by atoms with E-state index in [1.165, 1.54) is 0 Å². The van der Waals surface area contributed by atoms with Crippen LogP contribution in [-0.2, 0) is 4.79 Å². The van der Waals surface area contributed by atoms with Gasteiger partial charge in [0.15, 0.2) is 0 Å². The summed E-state index contributed by atoms with van der Waals surface area (Å²) in [5.74, 6) is -0.0110. The average molecular weight is 300 g/mol. The Kier molecular flexibility index (Phi) is 7.50. The van der Waals surface area contributed by atoms with Crippen LogP contribution in [-0.4, -0.2) is 53.4 Å². The second kappa shape index (κ2) is 8.87. The first kappa shape index (κ1) is 17.8. The van der Waals surface area contributed by atoms with Gasteiger partial charge in [-0.1, -0.05) is 13.3 Å². The number of hydrogen-bond donors (Lipinski definition) is 3. The van der Waals surface area contributed by atoms with Crippen LogP contribution in [0.25, 0.3) is 0 Å². The Hall–Kier alpha value is -1.30. The highest BCUT2D eigenvalue weighted by Gasteiger charge is 2.28. The predicted octanol–water partition coefficient (Wildman–Crippen LogP) is 1.68. The lowest BCUT2D eigenvalue weighted by Gasteiger charge is -2.34. The summed E-state index contributed by atoms with van der Waals surface area (Å²) in [6.07, 6.45) is 3.97. The minimum Gasteiger partial charge on any atom is -0.481 e. The highest BCUT2D eigenvalue weighted by Crippen LogP contribution is 2.27. The molecule has 3 N–H and O–H groups in total. The molecule has 21 heavy (non-hydrogen) atoms. The molecule has 0 bridgehead atoms. The zero-order chi connectivity index (χ0) is 15.8. The van der Waals surface area contributed by atoms with E-state index < -0.39 is 5.97 Å². The minimum atomic E-state index is -0.764. The van der Waals surface area contributed by atoms with Crippen molar-refractivity contribution in [1.82, 2.24) is 10.2 Å². The molecule has 1 unspecified atom stereocenters. The number of amides is 2. The molecule has 0 saturated heterocycles. The van der Waals surface area contributed by atoms with E-state index in [0.29, 0.717) is 31.3 Å². The summed E-state index contributed by atoms with van der Waals surface area (Å²) in [5, 5.41) is 20.8. The Morgan fingerprint density at radius 3 is 2.52 bits per heavy atom. The number of carboxylic acid groups (broad SMARTS) is 1. The first-order valence-electron chi connectivity index (χ1n) is 7.81. The van der Waals surface area contributed by atoms with Crippen molar-refractivity contribution >= 4 is 12.0 Å². The maximum absolute atomic E-state index is 11.9. The number of aliphatic carboxylic acids is 1. The summed E-state index contributed by atoms with van der Waals surface area (Å²) < 4.78 is 0. The summed E-state index contributed by atoms with van der Waals surface area (Å²) in [4.78, 5) is 24.1. The molecule has 0 aromatic heterocycles. The van der Waals surface area contributed by atoms with E-state index in [0.717, 1.165) is 25.7 Å². The number of aliphatic hydroxyl groups excluding tert-OH is 1. The third-order valence-corrected chi connectivity index (χ3v) is 4.26. The van der Waals surface area contributed by atoms with E-state index in [2.05, 4.69) is 5.32 Å². The number of urea groups is 1. The molecule has 1 atom stereocenters. The number of carbonyl (C=O) groups is 2. The molecule has 0 aromatic carbocycles. The fourth-order valence-corrected chi connectivity index (χ4v) is 2.72. The van der Waals surface area contributed by atoms with Crippen LogP contribution < -0.4 is 5.32 Å². The third-order valence-electron chi connectivity index (χ3n) is 4.26. The van der Waals surface area contributed by atoms with Crippen LogP contribution in [0.3, 0.4) is 0 Å². The molecule has 1 aliphatic carbocycles. The van der Waals surface area contributed by atoms with Gasteiger partial charge in [0.05, 0.1) is 6.10 Å². The summed E-state index contributed by atoms with van der Waals surface area (Å²) >= 11 is 0. The van der Waals surface area contributed by atoms with E-state index in [9.17, 15) is 14.7 Å². The number of carboxylic acids is 1. The molecule has 0 heterocycles. The number of rotatable bonds is 9. The number of aliphatic hydroxyl groups is 1. The Bertz CT molecular complexity index is 343. The number of nitrogens with zero attached hydrogens (tertiary/aromatic N) is 1. The van der Waals surface area contributed by atoms with Crippen molar-refractivity contribution in [2.24, 2.45) is 11.8 Å². The lowest BCUT2D eigenvalue weighted by atomic mass is 9.82. The van der Waals surface area contributed by atoms with Crippen molar-refractivity contribution in [3.05, 3.63) is 0 Å². The van der Waals surface area contributed by atoms with Crippen LogP contribution in [0.5, 0.6) is 0 Å². The lowest BCUT2D eigenvalue weighted by Crippen LogP contribution is -2.44. The molecule has 1 saturated carbocycles. The van der Waals surface area contributed by atoms with Gasteiger partial charge in [0.2, 0.25) is 0 Å². The van der Waals surface area contributed by atoms with Crippen molar-refractivity contribution < 1.29 is 19.8 Å². The summed E-state index contributed by atoms with van der Waals surface area (Å²) in [5.41, 5.74) is 0. The molecule has 6 heteroatoms. The standard InChI is InChI=1S/C15H28N2O4/c1-3-11(4-5-14(19)20)6-7-16-15(21)17(2)10-12-8-13(18)9-12/h11-13,18H,3-10H2,1-2H3,(H,16,21)(H,19,20). The van der Waals surface area contributed by atoms with Gasteiger partial charge in [-0.25, -0.2) is 4.79 Å². The number of carbonyl (C=O) groups excluding carboxylic acids is 1. The summed E-state index contributed by atoms with van der Waals surface area (Å²) in [6, 6.07) is -0.0931. The SMILES string of the molecule is CCC(CCNC(=O)N(C)CC1CC(O)C1)CCC(=O)O. The predicted molar refractivity (Wildman–Crippen MR) is 80.0 cm³/mol. The molecule has 0 aromatic rings. The Labute approximate surface area is 126 Å². The van der Waals surface area contributed by atoms with Crippen molar-refractivity contribution in [2.45, 2.75) is 51.6 Å². The third kappa shape index (κ3) is 6.80. The Balaban J connectivity index is 2.14. The largest absolute Gasteiger partial charge is 0.481 e. The fraction of sp³-hybridized carbons (Fsp3) is 0.867. The van der Waals surface area contributed by atoms with Gasteiger partial charge in [0, 0.05) is 26.6 Å². The van der Waals surface area contributed by atoms with Gasteiger partial charge in [-0.05, 0) is 37.5 Å². The van der Waals surface area contributed by atoms with Crippen LogP contribution in [0.4, 0.5) is 4.79 Å². The fourth-order valence-electron chi connectivity index (χ4n) is 2.72. The van der Waals surface area contributed by atoms with Gasteiger partial charge >= 0.3 is 12.0 Å². The molecule has 122 valence electrons. The molecule has 6 nitrogen and oxygen atoms in total. The van der Waals surface area contributed by atoms with Crippen LogP contribution in [0.1, 0.15) is 45.4 Å². The Morgan fingerprint density at radius 1 is 1.33 bits per heavy atom. The minimum absolute atomic E-state index is 0.0931. The van der Waals surface area contributed by atoms with Crippen molar-refractivity contribution in [3.63, 3.8) is 0 Å². The topological polar surface area (TPSA) is 89.9 Å². The van der Waals surface area contributed by atoms with Crippen LogP contribution in [0.15, 0.2) is 0 Å². The highest BCUT2D eigenvalue weighted by molar-refractivity contribution is 5.73. The van der Waals surface area contributed by atoms with E-state index in [4.69, 9.17) is 5.11 Å². The molecule has 2 amide bonds. The maximum atomic E-state index is 11.9. The monoisotopic (exact) mass is 300 g/mol. The first-order valence-corrected chi connectivity index (χ1v) is 7.81. The molecule has 1 rings (SSSR count). The van der Waals surface area contributed by atoms with Gasteiger partial charge in [0.25, 0.3) is 0 Å². The molecule has 1 fully saturated rings. The second-order valence-corrected chi connectivity index (χ2v) is 6.10. The van der Waals surface area contributed by atoms with E-state index in [1.807, 2.05) is 6.92 Å². The highest BCUT2D eigenvalue weighted by atomic mass is 16.4. The van der Waals surface area contributed by atoms with E-state index >= 15 is 0 Å². The Morgan fingerprint density at radius 2 is 2.00 bits per heavy atom. The zero-order valence-electron chi connectivity index (χ0n) is 13.0. The van der Waals surface area contributed by atoms with Crippen LogP contribution in [0.2, 0.25) is 0 Å². The van der Waals surface area contributed by atoms with Gasteiger partial charge < -0.3 is 20.4 Å². The quantitative estimate of drug-likeness (QED) is 0.604. The van der Waals surface area contributed by atoms with Crippen molar-refractivity contribution in [1.29, 1.82) is 0 Å². The van der Waals surface area contributed by atoms with Crippen molar-refractivity contribution in [3.8, 4) is 0 Å². The number of nitrogens with one attached hydrogen (secondary N) is 1. The normalized spacial score (nSPS) is 22.2. The van der Waals surface area contributed by atoms with Gasteiger partial charge in [-0.3, -0.25) is 4.79 Å². The summed E-state index contributed by atoms with van der Waals surface area (Å²) in [7, 11) is 1.77. The molecule has 0 radical (unpaired) electrons. The molecular weight excluding hydrogens is 272 g/mol. The van der Waals surface area contributed by atoms with Gasteiger partial charge in [0.1, 0.15) is 0 Å². The maximum Gasteiger partial charge on any atom is 0.317 e. The van der Waals surface area contributed by atoms with E-state index in [1.54, 1.807) is 11.9 Å². The molecule has 0 spiro atoms. The smallest absolute Gasteiger partial charge is 0.317 e. The number of hydrogen-bond acceptors (Lipinski definition) is 3. The van der Waals surface area contributed by atoms with Gasteiger partial charge in [-0.2, -0.15) is 0 Å². The molecule has 1 aliphatic rings. The summed E-state index contributed by atoms with van der Waals surface area (Å²) in [6.45, 7) is 3.30.